The van der Waals surface area contributed by atoms with Crippen LogP contribution in [0.2, 0.25) is 5.02 Å². The average Bonchev–Trinajstić information content (AvgIpc) is 3.00. The maximum atomic E-state index is 13.7. The highest BCUT2D eigenvalue weighted by Gasteiger charge is 2.35. The molecule has 1 N–H and O–H groups in total. The number of ether oxygens (including phenoxy) is 1. The molecule has 3 aromatic carbocycles. The number of sulfonamides is 1. The summed E-state index contributed by atoms with van der Waals surface area (Å²) in [5.41, 5.74) is 2.19. The molecule has 45 heavy (non-hydrogen) atoms. The van der Waals surface area contributed by atoms with E-state index < -0.39 is 27.0 Å². The van der Waals surface area contributed by atoms with Gasteiger partial charge in [0.25, 0.3) is 5.91 Å². The summed E-state index contributed by atoms with van der Waals surface area (Å²) >= 11 is 6.10. The number of nitrogens with one attached hydrogen (secondary N) is 1. The van der Waals surface area contributed by atoms with E-state index >= 15 is 0 Å². The standard InChI is InChI=1S/C34H35ClN4O5S/c1-5-30(27-11-10-26-21-29(35)14-12-25(26)20-27)45(42,43)39-18-16-38(17-19-39)32(40)24-8-6-23(7-9-24)28-13-15-31(36-22-28)37-33(41)44-34(2,3)4/h5-15,20-22,30H,1,16-19H2,2-4H3,(H,36,37,41). The average molecular weight is 647 g/mol. The van der Waals surface area contributed by atoms with Crippen molar-refractivity contribution in [2.24, 2.45) is 0 Å². The Balaban J connectivity index is 1.20. The van der Waals surface area contributed by atoms with Crippen LogP contribution in [-0.2, 0) is 14.8 Å². The molecule has 0 spiro atoms. The van der Waals surface area contributed by atoms with E-state index in [1.165, 1.54) is 10.4 Å². The van der Waals surface area contributed by atoms with Crippen molar-refractivity contribution in [3.63, 3.8) is 0 Å². The van der Waals surface area contributed by atoms with E-state index in [0.717, 1.165) is 21.9 Å². The van der Waals surface area contributed by atoms with Gasteiger partial charge in [-0.15, -0.1) is 6.58 Å². The summed E-state index contributed by atoms with van der Waals surface area (Å²) in [6.07, 6.45) is 2.50. The molecule has 1 atom stereocenters. The van der Waals surface area contributed by atoms with Crippen molar-refractivity contribution in [2.45, 2.75) is 31.6 Å². The van der Waals surface area contributed by atoms with E-state index in [2.05, 4.69) is 16.9 Å². The molecular formula is C34H35ClN4O5S. The van der Waals surface area contributed by atoms with Gasteiger partial charge in [-0.1, -0.05) is 48.0 Å². The lowest BCUT2D eigenvalue weighted by Gasteiger charge is -2.35. The van der Waals surface area contributed by atoms with E-state index in [9.17, 15) is 18.0 Å². The topological polar surface area (TPSA) is 109 Å². The van der Waals surface area contributed by atoms with Crippen molar-refractivity contribution < 1.29 is 22.7 Å². The number of hydrogen-bond donors (Lipinski definition) is 1. The van der Waals surface area contributed by atoms with Gasteiger partial charge in [0.1, 0.15) is 16.7 Å². The summed E-state index contributed by atoms with van der Waals surface area (Å²) in [6, 6.07) is 21.6. The smallest absolute Gasteiger partial charge is 0.413 e. The zero-order valence-corrected chi connectivity index (χ0v) is 26.9. The van der Waals surface area contributed by atoms with Gasteiger partial charge in [-0.05, 0) is 85.1 Å². The number of carbonyl (C=O) groups excluding carboxylic acids is 2. The molecule has 11 heteroatoms. The molecule has 0 saturated carbocycles. The van der Waals surface area contributed by atoms with Crippen molar-refractivity contribution in [1.29, 1.82) is 0 Å². The van der Waals surface area contributed by atoms with Crippen LogP contribution >= 0.6 is 11.6 Å². The Morgan fingerprint density at radius 1 is 0.933 bits per heavy atom. The highest BCUT2D eigenvalue weighted by molar-refractivity contribution is 7.89. The maximum absolute atomic E-state index is 13.7. The third-order valence-corrected chi connectivity index (χ3v) is 9.86. The second-order valence-corrected chi connectivity index (χ2v) is 14.3. The first-order valence-corrected chi connectivity index (χ1v) is 16.4. The lowest BCUT2D eigenvalue weighted by Crippen LogP contribution is -2.51. The first-order valence-electron chi connectivity index (χ1n) is 14.5. The molecule has 2 amide bonds. The lowest BCUT2D eigenvalue weighted by atomic mass is 10.0. The number of aromatic nitrogens is 1. The number of hydrogen-bond acceptors (Lipinski definition) is 6. The van der Waals surface area contributed by atoms with Crippen LogP contribution in [0.3, 0.4) is 0 Å². The molecule has 1 aromatic heterocycles. The summed E-state index contributed by atoms with van der Waals surface area (Å²) in [4.78, 5) is 31.2. The number of pyridine rings is 1. The normalized spacial score (nSPS) is 15.0. The molecule has 0 bridgehead atoms. The third kappa shape index (κ3) is 7.53. The fourth-order valence-corrected chi connectivity index (χ4v) is 7.09. The number of benzene rings is 3. The molecule has 0 aliphatic carbocycles. The summed E-state index contributed by atoms with van der Waals surface area (Å²) in [6.45, 7) is 10.1. The molecule has 5 rings (SSSR count). The quantitative estimate of drug-likeness (QED) is 0.218. The van der Waals surface area contributed by atoms with Gasteiger partial charge >= 0.3 is 6.09 Å². The Kier molecular flexibility index (Phi) is 9.29. The first kappa shape index (κ1) is 32.2. The number of nitrogens with zero attached hydrogens (tertiary/aromatic N) is 3. The Morgan fingerprint density at radius 2 is 1.58 bits per heavy atom. The first-order chi connectivity index (χ1) is 21.3. The van der Waals surface area contributed by atoms with Gasteiger partial charge < -0.3 is 9.64 Å². The largest absolute Gasteiger partial charge is 0.444 e. The molecule has 9 nitrogen and oxygen atoms in total. The Bertz CT molecular complexity index is 1830. The second-order valence-electron chi connectivity index (χ2n) is 11.8. The van der Waals surface area contributed by atoms with Crippen molar-refractivity contribution in [1.82, 2.24) is 14.2 Å². The Morgan fingerprint density at radius 3 is 2.20 bits per heavy atom. The summed E-state index contributed by atoms with van der Waals surface area (Å²) in [5.74, 6) is 0.199. The second kappa shape index (κ2) is 13.0. The van der Waals surface area contributed by atoms with Crippen LogP contribution in [-0.4, -0.2) is 66.4 Å². The Hall–Kier alpha value is -4.25. The number of halogens is 1. The fraction of sp³-hybridized carbons (Fsp3) is 0.265. The van der Waals surface area contributed by atoms with Gasteiger partial charge in [0.2, 0.25) is 10.0 Å². The van der Waals surface area contributed by atoms with Crippen LogP contribution in [0, 0.1) is 0 Å². The predicted molar refractivity (Wildman–Crippen MR) is 178 cm³/mol. The van der Waals surface area contributed by atoms with E-state index in [1.54, 1.807) is 62.2 Å². The number of fused-ring (bicyclic) bond motifs is 1. The minimum atomic E-state index is -3.76. The van der Waals surface area contributed by atoms with E-state index in [0.29, 0.717) is 22.0 Å². The molecule has 1 aliphatic heterocycles. The molecule has 234 valence electrons. The zero-order chi connectivity index (χ0) is 32.4. The Labute approximate surface area is 268 Å². The zero-order valence-electron chi connectivity index (χ0n) is 25.4. The molecule has 2 heterocycles. The van der Waals surface area contributed by atoms with E-state index in [4.69, 9.17) is 16.3 Å². The number of piperazine rings is 1. The SMILES string of the molecule is C=CC(c1ccc2cc(Cl)ccc2c1)S(=O)(=O)N1CCN(C(=O)c2ccc(-c3ccc(NC(=O)OC(C)(C)C)nc3)cc2)CC1. The predicted octanol–water partition coefficient (Wildman–Crippen LogP) is 6.92. The van der Waals surface area contributed by atoms with Gasteiger partial charge in [0.05, 0.1) is 0 Å². The van der Waals surface area contributed by atoms with Gasteiger partial charge in [0, 0.05) is 48.5 Å². The van der Waals surface area contributed by atoms with Crippen LogP contribution in [0.15, 0.2) is 91.6 Å². The minimum absolute atomic E-state index is 0.165. The summed E-state index contributed by atoms with van der Waals surface area (Å²) in [7, 11) is -3.76. The molecule has 1 saturated heterocycles. The van der Waals surface area contributed by atoms with Gasteiger partial charge in [0.15, 0.2) is 0 Å². The third-order valence-electron chi connectivity index (χ3n) is 7.43. The number of anilines is 1. The minimum Gasteiger partial charge on any atom is -0.444 e. The maximum Gasteiger partial charge on any atom is 0.413 e. The highest BCUT2D eigenvalue weighted by Crippen LogP contribution is 2.31. The monoisotopic (exact) mass is 646 g/mol. The number of amides is 2. The van der Waals surface area contributed by atoms with Crippen LogP contribution in [0.5, 0.6) is 0 Å². The molecule has 1 fully saturated rings. The van der Waals surface area contributed by atoms with Crippen LogP contribution in [0.25, 0.3) is 21.9 Å². The number of rotatable bonds is 7. The van der Waals surface area contributed by atoms with Crippen molar-refractivity contribution in [2.75, 3.05) is 31.5 Å². The molecule has 0 radical (unpaired) electrons. The fourth-order valence-electron chi connectivity index (χ4n) is 5.18. The summed E-state index contributed by atoms with van der Waals surface area (Å²) < 4.78 is 34.0. The van der Waals surface area contributed by atoms with E-state index in [1.807, 2.05) is 42.5 Å². The summed E-state index contributed by atoms with van der Waals surface area (Å²) in [5, 5.41) is 4.12. The highest BCUT2D eigenvalue weighted by atomic mass is 35.5. The lowest BCUT2D eigenvalue weighted by molar-refractivity contribution is 0.0634. The van der Waals surface area contributed by atoms with Crippen molar-refractivity contribution in [3.8, 4) is 11.1 Å². The van der Waals surface area contributed by atoms with E-state index in [-0.39, 0.29) is 32.1 Å². The van der Waals surface area contributed by atoms with Crippen LogP contribution in [0.4, 0.5) is 10.6 Å². The van der Waals surface area contributed by atoms with Crippen LogP contribution < -0.4 is 5.32 Å². The van der Waals surface area contributed by atoms with Gasteiger partial charge in [-0.3, -0.25) is 10.1 Å². The van der Waals surface area contributed by atoms with Crippen molar-refractivity contribution >= 4 is 50.2 Å². The van der Waals surface area contributed by atoms with Crippen molar-refractivity contribution in [3.05, 3.63) is 108 Å². The molecule has 1 unspecified atom stereocenters. The molecule has 4 aromatic rings. The van der Waals surface area contributed by atoms with Gasteiger partial charge in [-0.2, -0.15) is 4.31 Å². The van der Waals surface area contributed by atoms with Crippen LogP contribution in [0.1, 0.15) is 41.9 Å². The molecule has 1 aliphatic rings. The number of carbonyl (C=O) groups is 2. The van der Waals surface area contributed by atoms with Gasteiger partial charge in [-0.25, -0.2) is 18.2 Å². The molecular weight excluding hydrogens is 612 g/mol.